The Morgan fingerprint density at radius 3 is 1.67 bits per heavy atom. The molecule has 0 bridgehead atoms. The van der Waals surface area contributed by atoms with E-state index in [2.05, 4.69) is 16.3 Å². The lowest BCUT2D eigenvalue weighted by molar-refractivity contribution is 0.277. The molecule has 0 aromatic carbocycles. The molecular formula is C3H7ClO2. The number of hydrogen-bond acceptors (Lipinski definition) is 2. The molecule has 0 N–H and O–H groups in total. The lowest BCUT2D eigenvalue weighted by atomic mass is 11.6. The quantitative estimate of drug-likeness (QED) is 0.339. The van der Waals surface area contributed by atoms with E-state index in [4.69, 9.17) is 4.79 Å². The number of hydrogen-bond donors (Lipinski definition) is 0. The van der Waals surface area contributed by atoms with Crippen molar-refractivity contribution < 1.29 is 9.53 Å². The first kappa shape index (κ1) is 9.33. The van der Waals surface area contributed by atoms with Crippen LogP contribution in [0.5, 0.6) is 0 Å². The first-order chi connectivity index (χ1) is 2.83. The molecule has 38 valence electrons. The van der Waals surface area contributed by atoms with E-state index >= 15 is 0 Å². The summed E-state index contributed by atoms with van der Waals surface area (Å²) in [6.07, 6.45) is 0. The van der Waals surface area contributed by atoms with Crippen molar-refractivity contribution in [1.82, 2.24) is 0 Å². The second-order valence-electron chi connectivity index (χ2n) is 0.497. The Hall–Kier alpha value is -0.0800. The van der Waals surface area contributed by atoms with Gasteiger partial charge in [0.1, 0.15) is 0 Å². The number of carbonyl (C=O) groups is 1. The summed E-state index contributed by atoms with van der Waals surface area (Å²) in [5.74, 6) is 0.222. The van der Waals surface area contributed by atoms with Crippen molar-refractivity contribution in [1.29, 1.82) is 0 Å². The number of carbonyl (C=O) groups excluding carboxylic acids is 1. The van der Waals surface area contributed by atoms with E-state index in [-0.39, 0.29) is 5.75 Å². The molecule has 0 aromatic rings. The van der Waals surface area contributed by atoms with Gasteiger partial charge in [0, 0.05) is 14.2 Å². The minimum Gasteiger partial charge on any atom is -0.388 e. The van der Waals surface area contributed by atoms with E-state index in [0.29, 0.717) is 0 Å². The fraction of sp³-hybridized carbons (Fsp3) is 0.667. The van der Waals surface area contributed by atoms with Crippen LogP contribution in [0, 0.1) is 0 Å². The molecule has 0 amide bonds. The van der Waals surface area contributed by atoms with Crippen molar-refractivity contribution in [3.63, 3.8) is 0 Å². The van der Waals surface area contributed by atoms with Gasteiger partial charge in [-0.1, -0.05) is 0 Å². The van der Waals surface area contributed by atoms with Gasteiger partial charge in [-0.3, -0.25) is 4.79 Å². The summed E-state index contributed by atoms with van der Waals surface area (Å²) in [6.45, 7) is 0. The molecule has 0 aliphatic rings. The molecular weight excluding hydrogens is 103 g/mol. The first-order valence-corrected chi connectivity index (χ1v) is 1.71. The van der Waals surface area contributed by atoms with E-state index in [1.165, 1.54) is 0 Å². The summed E-state index contributed by atoms with van der Waals surface area (Å²) in [6, 6.07) is 0. The highest BCUT2D eigenvalue weighted by Crippen LogP contribution is 1.42. The van der Waals surface area contributed by atoms with Crippen LogP contribution in [0.2, 0.25) is 0 Å². The normalized spacial score (nSPS) is 5.17. The van der Waals surface area contributed by atoms with Crippen LogP contribution in [0.15, 0.2) is 0 Å². The minimum absolute atomic E-state index is 0.222. The molecule has 0 aliphatic heterocycles. The molecule has 0 aliphatic carbocycles. The molecule has 0 unspecified atom stereocenters. The van der Waals surface area contributed by atoms with Crippen molar-refractivity contribution in [2.45, 2.75) is 0 Å². The number of halogens is 1. The Morgan fingerprint density at radius 1 is 1.67 bits per heavy atom. The smallest absolute Gasteiger partial charge is 0.208 e. The molecule has 3 heteroatoms. The Balaban J connectivity index is 0. The SMILES string of the molecule is COC.O=CCl. The van der Waals surface area contributed by atoms with E-state index in [1.54, 1.807) is 14.2 Å². The molecule has 0 rings (SSSR count). The summed E-state index contributed by atoms with van der Waals surface area (Å²) in [5, 5.41) is 0. The maximum atomic E-state index is 8.57. The summed E-state index contributed by atoms with van der Waals surface area (Å²) in [5.41, 5.74) is 0. The Bertz CT molecular complexity index is 22.8. The van der Waals surface area contributed by atoms with Gasteiger partial charge >= 0.3 is 0 Å². The summed E-state index contributed by atoms with van der Waals surface area (Å²) in [7, 11) is 3.25. The molecule has 6 heavy (non-hydrogen) atoms. The summed E-state index contributed by atoms with van der Waals surface area (Å²) < 4.78 is 4.25. The fourth-order valence-corrected chi connectivity index (χ4v) is 0. The highest BCUT2D eigenvalue weighted by molar-refractivity contribution is 6.54. The number of ether oxygens (including phenoxy) is 1. The minimum atomic E-state index is 0.222. The third kappa shape index (κ3) is 5220. The molecule has 0 spiro atoms. The zero-order valence-corrected chi connectivity index (χ0v) is 4.53. The molecule has 0 aromatic heterocycles. The van der Waals surface area contributed by atoms with Gasteiger partial charge < -0.3 is 4.74 Å². The van der Waals surface area contributed by atoms with Crippen LogP contribution in [-0.2, 0) is 9.53 Å². The summed E-state index contributed by atoms with van der Waals surface area (Å²) >= 11 is 4.32. The average molecular weight is 111 g/mol. The molecule has 0 heterocycles. The van der Waals surface area contributed by atoms with Gasteiger partial charge in [0.2, 0.25) is 5.75 Å². The molecule has 0 atom stereocenters. The van der Waals surface area contributed by atoms with Crippen LogP contribution in [0.1, 0.15) is 0 Å². The monoisotopic (exact) mass is 110 g/mol. The number of methoxy groups -OCH3 is 1. The lowest BCUT2D eigenvalue weighted by Crippen LogP contribution is -1.55. The molecule has 2 nitrogen and oxygen atoms in total. The highest BCUT2D eigenvalue weighted by atomic mass is 35.5. The standard InChI is InChI=1S/C2H6O.CHClO/c1-3-2;2-1-3/h1-2H3;1H. The molecule has 0 saturated heterocycles. The van der Waals surface area contributed by atoms with Gasteiger partial charge in [-0.2, -0.15) is 0 Å². The summed E-state index contributed by atoms with van der Waals surface area (Å²) in [4.78, 5) is 8.57. The van der Waals surface area contributed by atoms with Crippen LogP contribution < -0.4 is 0 Å². The largest absolute Gasteiger partial charge is 0.388 e. The van der Waals surface area contributed by atoms with Gasteiger partial charge in [0.25, 0.3) is 0 Å². The maximum Gasteiger partial charge on any atom is 0.208 e. The molecule has 0 fully saturated rings. The maximum absolute atomic E-state index is 8.57. The van der Waals surface area contributed by atoms with Crippen molar-refractivity contribution >= 4 is 17.3 Å². The third-order valence-electron chi connectivity index (χ3n) is 0. The van der Waals surface area contributed by atoms with Crippen molar-refractivity contribution in [2.24, 2.45) is 0 Å². The van der Waals surface area contributed by atoms with Crippen molar-refractivity contribution in [3.8, 4) is 0 Å². The Kier molecular flexibility index (Phi) is 31.9. The molecule has 0 radical (unpaired) electrons. The van der Waals surface area contributed by atoms with Crippen molar-refractivity contribution in [3.05, 3.63) is 0 Å². The molecule has 0 saturated carbocycles. The van der Waals surface area contributed by atoms with Crippen LogP contribution in [0.4, 0.5) is 0 Å². The van der Waals surface area contributed by atoms with Gasteiger partial charge in [-0.25, -0.2) is 0 Å². The van der Waals surface area contributed by atoms with Crippen LogP contribution in [-0.4, -0.2) is 20.0 Å². The second kappa shape index (κ2) is 20.5. The Morgan fingerprint density at radius 2 is 1.67 bits per heavy atom. The fourth-order valence-electron chi connectivity index (χ4n) is 0. The second-order valence-corrected chi connectivity index (χ2v) is 0.676. The van der Waals surface area contributed by atoms with E-state index in [9.17, 15) is 0 Å². The number of rotatable bonds is 0. The average Bonchev–Trinajstić information content (AvgIpc) is 1.39. The van der Waals surface area contributed by atoms with E-state index in [1.807, 2.05) is 0 Å². The van der Waals surface area contributed by atoms with Crippen LogP contribution in [0.3, 0.4) is 0 Å². The van der Waals surface area contributed by atoms with Gasteiger partial charge in [-0.05, 0) is 11.6 Å². The first-order valence-electron chi connectivity index (χ1n) is 1.27. The topological polar surface area (TPSA) is 26.3 Å². The zero-order chi connectivity index (χ0) is 5.41. The van der Waals surface area contributed by atoms with Crippen molar-refractivity contribution in [2.75, 3.05) is 14.2 Å². The Labute approximate surface area is 42.1 Å². The third-order valence-corrected chi connectivity index (χ3v) is 0. The zero-order valence-electron chi connectivity index (χ0n) is 3.77. The van der Waals surface area contributed by atoms with Gasteiger partial charge in [0.05, 0.1) is 0 Å². The van der Waals surface area contributed by atoms with Gasteiger partial charge in [-0.15, -0.1) is 0 Å². The lowest BCUT2D eigenvalue weighted by Gasteiger charge is -1.61. The highest BCUT2D eigenvalue weighted by Gasteiger charge is 1.28. The predicted octanol–water partition coefficient (Wildman–Crippen LogP) is 0.678. The van der Waals surface area contributed by atoms with E-state index in [0.717, 1.165) is 0 Å². The van der Waals surface area contributed by atoms with E-state index < -0.39 is 0 Å². The van der Waals surface area contributed by atoms with Gasteiger partial charge in [0.15, 0.2) is 0 Å². The van der Waals surface area contributed by atoms with Crippen LogP contribution in [0.25, 0.3) is 0 Å². The van der Waals surface area contributed by atoms with Crippen LogP contribution >= 0.6 is 11.6 Å². The predicted molar refractivity (Wildman–Crippen MR) is 25.5 cm³/mol.